The number of hydrogen-bond donors (Lipinski definition) is 3. The van der Waals surface area contributed by atoms with E-state index in [4.69, 9.17) is 14.6 Å². The molecule has 0 rings (SSSR count). The monoisotopic (exact) mass is 424 g/mol. The lowest BCUT2D eigenvalue weighted by Crippen LogP contribution is -2.45. The fourth-order valence-corrected chi connectivity index (χ4v) is 3.25. The highest BCUT2D eigenvalue weighted by Gasteiger charge is 2.15. The van der Waals surface area contributed by atoms with Crippen LogP contribution in [0.1, 0.15) is 26.7 Å². The summed E-state index contributed by atoms with van der Waals surface area (Å²) in [6, 6.07) is -0.404. The normalized spacial score (nSPS) is 11.8. The Morgan fingerprint density at radius 2 is 1.52 bits per heavy atom. The topological polar surface area (TPSA) is 114 Å². The van der Waals surface area contributed by atoms with Gasteiger partial charge in [0.2, 0.25) is 11.8 Å². The number of nitrogens with one attached hydrogen (secondary N) is 2. The molecule has 1 atom stereocenters. The molecule has 1 unspecified atom stereocenters. The Morgan fingerprint density at radius 3 is 2.04 bits per heavy atom. The van der Waals surface area contributed by atoms with Gasteiger partial charge in [-0.3, -0.25) is 14.4 Å². The summed E-state index contributed by atoms with van der Waals surface area (Å²) in [6.07, 6.45) is 0.198. The minimum Gasteiger partial charge on any atom is -0.481 e. The van der Waals surface area contributed by atoms with Gasteiger partial charge in [0.25, 0.3) is 0 Å². The molecule has 0 aliphatic heterocycles. The van der Waals surface area contributed by atoms with Crippen LogP contribution in [0.15, 0.2) is 0 Å². The Kier molecular flexibility index (Phi) is 17.7. The molecule has 8 nitrogen and oxygen atoms in total. The van der Waals surface area contributed by atoms with Crippen molar-refractivity contribution in [2.75, 3.05) is 56.0 Å². The largest absolute Gasteiger partial charge is 0.481 e. The molecule has 0 aromatic rings. The molecule has 0 heterocycles. The lowest BCUT2D eigenvalue weighted by Gasteiger charge is -2.18. The predicted octanol–water partition coefficient (Wildman–Crippen LogP) is 0.992. The van der Waals surface area contributed by atoms with Gasteiger partial charge in [0.05, 0.1) is 24.7 Å². The standard InChI is InChI=1S/C17H32N2O6S2/c1-3-24-7-9-26-12-15(20)18-11-14(5-6-17(22)23)19-16(21)13-27-10-8-25-4-2/h14H,3-13H2,1-2H3,(H,18,20)(H,19,21)(H,22,23). The highest BCUT2D eigenvalue weighted by atomic mass is 32.2. The molecule has 0 aliphatic carbocycles. The molecule has 0 spiro atoms. The Labute approximate surface area is 169 Å². The van der Waals surface area contributed by atoms with Crippen molar-refractivity contribution in [2.45, 2.75) is 32.7 Å². The molecule has 0 aromatic heterocycles. The van der Waals surface area contributed by atoms with Crippen molar-refractivity contribution in [1.82, 2.24) is 10.6 Å². The number of carbonyl (C=O) groups excluding carboxylic acids is 2. The lowest BCUT2D eigenvalue weighted by molar-refractivity contribution is -0.137. The zero-order chi connectivity index (χ0) is 20.3. The van der Waals surface area contributed by atoms with Crippen LogP contribution in [0.2, 0.25) is 0 Å². The molecule has 0 saturated carbocycles. The van der Waals surface area contributed by atoms with Gasteiger partial charge in [-0.15, -0.1) is 23.5 Å². The average Bonchev–Trinajstić information content (AvgIpc) is 2.63. The molecule has 27 heavy (non-hydrogen) atoms. The summed E-state index contributed by atoms with van der Waals surface area (Å²) in [5.41, 5.74) is 0. The van der Waals surface area contributed by atoms with Gasteiger partial charge < -0.3 is 25.2 Å². The smallest absolute Gasteiger partial charge is 0.303 e. The van der Waals surface area contributed by atoms with E-state index in [1.165, 1.54) is 23.5 Å². The van der Waals surface area contributed by atoms with E-state index in [1.54, 1.807) is 0 Å². The van der Waals surface area contributed by atoms with Crippen molar-refractivity contribution in [3.63, 3.8) is 0 Å². The molecule has 2 amide bonds. The zero-order valence-corrected chi connectivity index (χ0v) is 17.8. The van der Waals surface area contributed by atoms with Crippen LogP contribution in [-0.4, -0.2) is 84.9 Å². The fourth-order valence-electron chi connectivity index (χ4n) is 1.93. The van der Waals surface area contributed by atoms with Crippen molar-refractivity contribution in [1.29, 1.82) is 0 Å². The molecule has 0 fully saturated rings. The minimum atomic E-state index is -0.932. The number of amides is 2. The highest BCUT2D eigenvalue weighted by molar-refractivity contribution is 8.00. The maximum Gasteiger partial charge on any atom is 0.303 e. The Bertz CT molecular complexity index is 426. The highest BCUT2D eigenvalue weighted by Crippen LogP contribution is 2.03. The molecule has 10 heteroatoms. The van der Waals surface area contributed by atoms with Crippen molar-refractivity contribution >= 4 is 41.3 Å². The van der Waals surface area contributed by atoms with Gasteiger partial charge in [0.15, 0.2) is 0 Å². The molecule has 3 N–H and O–H groups in total. The molecule has 0 aliphatic rings. The summed E-state index contributed by atoms with van der Waals surface area (Å²) in [6.45, 7) is 6.54. The molecule has 0 saturated heterocycles. The number of hydrogen-bond acceptors (Lipinski definition) is 7. The molecule has 0 bridgehead atoms. The first kappa shape index (κ1) is 26.0. The van der Waals surface area contributed by atoms with Gasteiger partial charge in [-0.1, -0.05) is 0 Å². The number of ether oxygens (including phenoxy) is 2. The molecular formula is C17H32N2O6S2. The van der Waals surface area contributed by atoms with Gasteiger partial charge in [-0.2, -0.15) is 0 Å². The summed E-state index contributed by atoms with van der Waals surface area (Å²) >= 11 is 2.92. The first-order valence-electron chi connectivity index (χ1n) is 9.08. The second-order valence-corrected chi connectivity index (χ2v) is 7.71. The summed E-state index contributed by atoms with van der Waals surface area (Å²) in [5, 5.41) is 14.4. The van der Waals surface area contributed by atoms with E-state index < -0.39 is 12.0 Å². The van der Waals surface area contributed by atoms with Crippen molar-refractivity contribution in [2.24, 2.45) is 0 Å². The first-order valence-corrected chi connectivity index (χ1v) is 11.4. The minimum absolute atomic E-state index is 0.0680. The van der Waals surface area contributed by atoms with E-state index >= 15 is 0 Å². The van der Waals surface area contributed by atoms with Gasteiger partial charge >= 0.3 is 5.97 Å². The van der Waals surface area contributed by atoms with E-state index in [1.807, 2.05) is 13.8 Å². The number of carboxylic acids is 1. The maximum atomic E-state index is 12.0. The second-order valence-electron chi connectivity index (χ2n) is 5.50. The Balaban J connectivity index is 4.12. The third kappa shape index (κ3) is 18.2. The van der Waals surface area contributed by atoms with Crippen LogP contribution in [0.4, 0.5) is 0 Å². The predicted molar refractivity (Wildman–Crippen MR) is 109 cm³/mol. The van der Waals surface area contributed by atoms with Crippen LogP contribution in [0, 0.1) is 0 Å². The summed E-state index contributed by atoms with van der Waals surface area (Å²) in [4.78, 5) is 34.6. The molecule has 158 valence electrons. The van der Waals surface area contributed by atoms with Crippen molar-refractivity contribution < 1.29 is 29.0 Å². The van der Waals surface area contributed by atoms with Crippen molar-refractivity contribution in [3.8, 4) is 0 Å². The van der Waals surface area contributed by atoms with E-state index in [0.29, 0.717) is 32.2 Å². The average molecular weight is 425 g/mol. The van der Waals surface area contributed by atoms with E-state index in [0.717, 1.165) is 11.5 Å². The zero-order valence-electron chi connectivity index (χ0n) is 16.2. The number of carboxylic acid groups (broad SMARTS) is 1. The van der Waals surface area contributed by atoms with Crippen LogP contribution in [0.5, 0.6) is 0 Å². The number of aliphatic carboxylic acids is 1. The van der Waals surface area contributed by atoms with Gasteiger partial charge in [0.1, 0.15) is 0 Å². The van der Waals surface area contributed by atoms with E-state index in [-0.39, 0.29) is 37.0 Å². The molecular weight excluding hydrogens is 392 g/mol. The van der Waals surface area contributed by atoms with Gasteiger partial charge in [-0.05, 0) is 20.3 Å². The first-order chi connectivity index (χ1) is 13.0. The third-order valence-corrected chi connectivity index (χ3v) is 5.08. The summed E-state index contributed by atoms with van der Waals surface area (Å²) in [7, 11) is 0. The molecule has 0 radical (unpaired) electrons. The number of thioether (sulfide) groups is 2. The summed E-state index contributed by atoms with van der Waals surface area (Å²) in [5.74, 6) is 0.788. The third-order valence-electron chi connectivity index (χ3n) is 3.24. The van der Waals surface area contributed by atoms with E-state index in [2.05, 4.69) is 10.6 Å². The van der Waals surface area contributed by atoms with Crippen LogP contribution in [0.3, 0.4) is 0 Å². The van der Waals surface area contributed by atoms with Crippen LogP contribution in [0.25, 0.3) is 0 Å². The maximum absolute atomic E-state index is 12.0. The fraction of sp³-hybridized carbons (Fsp3) is 0.824. The summed E-state index contributed by atoms with van der Waals surface area (Å²) < 4.78 is 10.4. The Morgan fingerprint density at radius 1 is 0.963 bits per heavy atom. The van der Waals surface area contributed by atoms with Gasteiger partial charge in [-0.25, -0.2) is 0 Å². The lowest BCUT2D eigenvalue weighted by atomic mass is 10.1. The van der Waals surface area contributed by atoms with Crippen molar-refractivity contribution in [3.05, 3.63) is 0 Å². The SMILES string of the molecule is CCOCCSCC(=O)NCC(CCC(=O)O)NC(=O)CSCCOCC. The van der Waals surface area contributed by atoms with Gasteiger partial charge in [0, 0.05) is 43.7 Å². The van der Waals surface area contributed by atoms with Crippen LogP contribution < -0.4 is 10.6 Å². The Hall–Kier alpha value is -0.970. The van der Waals surface area contributed by atoms with Crippen LogP contribution in [-0.2, 0) is 23.9 Å². The number of rotatable bonds is 18. The molecule has 0 aromatic carbocycles. The van der Waals surface area contributed by atoms with Crippen LogP contribution >= 0.6 is 23.5 Å². The number of carbonyl (C=O) groups is 3. The quantitative estimate of drug-likeness (QED) is 0.279. The second kappa shape index (κ2) is 18.4. The van der Waals surface area contributed by atoms with E-state index in [9.17, 15) is 14.4 Å².